The molecule has 0 aliphatic rings. The standard InChI is InChI=1S/C7H8N2O2/c1-5-4-8-9-6(5)2-3-7(10)11/h2-4H,1H3,(H,8,9)(H,10,11)/b3-2+. The van der Waals surface area contributed by atoms with Crippen molar-refractivity contribution in [3.05, 3.63) is 23.5 Å². The molecule has 0 unspecified atom stereocenters. The van der Waals surface area contributed by atoms with Gasteiger partial charge in [0.1, 0.15) is 0 Å². The summed E-state index contributed by atoms with van der Waals surface area (Å²) in [5, 5.41) is 14.7. The lowest BCUT2D eigenvalue weighted by atomic mass is 10.2. The molecule has 0 aromatic carbocycles. The number of aromatic amines is 1. The van der Waals surface area contributed by atoms with Crippen molar-refractivity contribution < 1.29 is 9.90 Å². The number of carboxylic acids is 1. The molecular formula is C7H8N2O2. The van der Waals surface area contributed by atoms with Crippen LogP contribution in [0.1, 0.15) is 11.3 Å². The lowest BCUT2D eigenvalue weighted by molar-refractivity contribution is -0.131. The van der Waals surface area contributed by atoms with E-state index in [-0.39, 0.29) is 0 Å². The van der Waals surface area contributed by atoms with Crippen LogP contribution in [0.15, 0.2) is 12.3 Å². The minimum atomic E-state index is -0.959. The van der Waals surface area contributed by atoms with E-state index >= 15 is 0 Å². The number of H-pyrrole nitrogens is 1. The lowest BCUT2D eigenvalue weighted by Crippen LogP contribution is -1.86. The molecule has 0 fully saturated rings. The maximum Gasteiger partial charge on any atom is 0.328 e. The van der Waals surface area contributed by atoms with Crippen LogP contribution in [0.2, 0.25) is 0 Å². The highest BCUT2D eigenvalue weighted by Crippen LogP contribution is 2.03. The summed E-state index contributed by atoms with van der Waals surface area (Å²) < 4.78 is 0. The molecule has 0 aliphatic heterocycles. The quantitative estimate of drug-likeness (QED) is 0.616. The van der Waals surface area contributed by atoms with E-state index < -0.39 is 5.97 Å². The average molecular weight is 152 g/mol. The van der Waals surface area contributed by atoms with E-state index in [0.29, 0.717) is 0 Å². The summed E-state index contributed by atoms with van der Waals surface area (Å²) in [6.07, 6.45) is 4.19. The van der Waals surface area contributed by atoms with Crippen LogP contribution in [-0.2, 0) is 4.79 Å². The molecule has 0 radical (unpaired) electrons. The molecule has 1 rings (SSSR count). The first-order valence-electron chi connectivity index (χ1n) is 3.11. The van der Waals surface area contributed by atoms with Gasteiger partial charge in [-0.25, -0.2) is 4.79 Å². The third kappa shape index (κ3) is 1.93. The SMILES string of the molecule is Cc1cn[nH]c1/C=C/C(=O)O. The summed E-state index contributed by atoms with van der Waals surface area (Å²) in [7, 11) is 0. The van der Waals surface area contributed by atoms with Crippen molar-refractivity contribution in [1.29, 1.82) is 0 Å². The number of aromatic nitrogens is 2. The molecule has 1 aromatic rings. The molecule has 0 amide bonds. The third-order valence-corrected chi connectivity index (χ3v) is 1.26. The van der Waals surface area contributed by atoms with Crippen LogP contribution in [-0.4, -0.2) is 21.3 Å². The number of carboxylic acid groups (broad SMARTS) is 1. The second-order valence-electron chi connectivity index (χ2n) is 2.14. The van der Waals surface area contributed by atoms with Crippen molar-refractivity contribution in [3.8, 4) is 0 Å². The number of hydrogen-bond donors (Lipinski definition) is 2. The Bertz CT molecular complexity index is 288. The summed E-state index contributed by atoms with van der Waals surface area (Å²) in [6, 6.07) is 0. The maximum absolute atomic E-state index is 10.1. The Balaban J connectivity index is 2.79. The molecule has 0 bridgehead atoms. The Morgan fingerprint density at radius 2 is 2.55 bits per heavy atom. The fourth-order valence-electron chi connectivity index (χ4n) is 0.680. The van der Waals surface area contributed by atoms with Crippen molar-refractivity contribution in [2.45, 2.75) is 6.92 Å². The van der Waals surface area contributed by atoms with Crippen LogP contribution in [0.4, 0.5) is 0 Å². The number of hydrogen-bond acceptors (Lipinski definition) is 2. The second-order valence-corrected chi connectivity index (χ2v) is 2.14. The molecule has 11 heavy (non-hydrogen) atoms. The molecule has 0 saturated heterocycles. The van der Waals surface area contributed by atoms with Gasteiger partial charge in [0.2, 0.25) is 0 Å². The Kier molecular flexibility index (Phi) is 2.06. The average Bonchev–Trinajstić information content (AvgIpc) is 2.31. The molecule has 58 valence electrons. The van der Waals surface area contributed by atoms with Crippen molar-refractivity contribution in [2.75, 3.05) is 0 Å². The van der Waals surface area contributed by atoms with E-state index in [4.69, 9.17) is 5.11 Å². The number of nitrogens with one attached hydrogen (secondary N) is 1. The van der Waals surface area contributed by atoms with Gasteiger partial charge in [-0.2, -0.15) is 5.10 Å². The van der Waals surface area contributed by atoms with E-state index in [1.54, 1.807) is 6.20 Å². The van der Waals surface area contributed by atoms with E-state index in [1.807, 2.05) is 6.92 Å². The molecule has 2 N–H and O–H groups in total. The molecule has 1 heterocycles. The van der Waals surface area contributed by atoms with Crippen molar-refractivity contribution in [1.82, 2.24) is 10.2 Å². The van der Waals surface area contributed by atoms with Crippen molar-refractivity contribution in [2.24, 2.45) is 0 Å². The first-order chi connectivity index (χ1) is 5.20. The molecule has 0 saturated carbocycles. The van der Waals surface area contributed by atoms with Gasteiger partial charge in [0.05, 0.1) is 11.9 Å². The van der Waals surface area contributed by atoms with Crippen molar-refractivity contribution >= 4 is 12.0 Å². The van der Waals surface area contributed by atoms with Crippen LogP contribution >= 0.6 is 0 Å². The van der Waals surface area contributed by atoms with Gasteiger partial charge in [-0.15, -0.1) is 0 Å². The molecule has 4 nitrogen and oxygen atoms in total. The minimum absolute atomic E-state index is 0.729. The van der Waals surface area contributed by atoms with Crippen LogP contribution in [0.25, 0.3) is 6.08 Å². The van der Waals surface area contributed by atoms with Gasteiger partial charge in [-0.05, 0) is 18.6 Å². The second kappa shape index (κ2) is 3.01. The fourth-order valence-corrected chi connectivity index (χ4v) is 0.680. The highest BCUT2D eigenvalue weighted by Gasteiger charge is 1.94. The number of nitrogens with zero attached hydrogens (tertiary/aromatic N) is 1. The highest BCUT2D eigenvalue weighted by atomic mass is 16.4. The number of carbonyl (C=O) groups is 1. The van der Waals surface area contributed by atoms with Crippen LogP contribution in [0, 0.1) is 6.92 Å². The summed E-state index contributed by atoms with van der Waals surface area (Å²) in [5.41, 5.74) is 1.66. The van der Waals surface area contributed by atoms with E-state index in [0.717, 1.165) is 17.3 Å². The topological polar surface area (TPSA) is 66.0 Å². The summed E-state index contributed by atoms with van der Waals surface area (Å²) in [5.74, 6) is -0.959. The first-order valence-corrected chi connectivity index (χ1v) is 3.11. The largest absolute Gasteiger partial charge is 0.478 e. The van der Waals surface area contributed by atoms with Gasteiger partial charge >= 0.3 is 5.97 Å². The van der Waals surface area contributed by atoms with E-state index in [1.165, 1.54) is 6.08 Å². The van der Waals surface area contributed by atoms with Crippen LogP contribution in [0.5, 0.6) is 0 Å². The van der Waals surface area contributed by atoms with Gasteiger partial charge in [0.25, 0.3) is 0 Å². The molecular weight excluding hydrogens is 144 g/mol. The fraction of sp³-hybridized carbons (Fsp3) is 0.143. The van der Waals surface area contributed by atoms with Gasteiger partial charge in [-0.1, -0.05) is 0 Å². The number of rotatable bonds is 2. The zero-order chi connectivity index (χ0) is 8.27. The monoisotopic (exact) mass is 152 g/mol. The van der Waals surface area contributed by atoms with Crippen molar-refractivity contribution in [3.63, 3.8) is 0 Å². The zero-order valence-corrected chi connectivity index (χ0v) is 6.03. The lowest BCUT2D eigenvalue weighted by Gasteiger charge is -1.85. The Morgan fingerprint density at radius 3 is 3.00 bits per heavy atom. The van der Waals surface area contributed by atoms with Crippen LogP contribution in [0.3, 0.4) is 0 Å². The Morgan fingerprint density at radius 1 is 1.82 bits per heavy atom. The molecule has 0 spiro atoms. The van der Waals surface area contributed by atoms with Gasteiger partial charge < -0.3 is 5.11 Å². The third-order valence-electron chi connectivity index (χ3n) is 1.26. The Hall–Kier alpha value is -1.58. The molecule has 0 atom stereocenters. The minimum Gasteiger partial charge on any atom is -0.478 e. The normalized spacial score (nSPS) is 10.6. The smallest absolute Gasteiger partial charge is 0.328 e. The Labute approximate surface area is 63.6 Å². The molecule has 0 aliphatic carbocycles. The molecule has 1 aromatic heterocycles. The first kappa shape index (κ1) is 7.53. The predicted octanol–water partition coefficient (Wildman–Crippen LogP) is 0.816. The zero-order valence-electron chi connectivity index (χ0n) is 6.03. The van der Waals surface area contributed by atoms with E-state index in [2.05, 4.69) is 10.2 Å². The molecule has 4 heteroatoms. The highest BCUT2D eigenvalue weighted by molar-refractivity contribution is 5.85. The summed E-state index contributed by atoms with van der Waals surface area (Å²) in [4.78, 5) is 10.1. The van der Waals surface area contributed by atoms with Gasteiger partial charge in [0.15, 0.2) is 0 Å². The van der Waals surface area contributed by atoms with E-state index in [9.17, 15) is 4.79 Å². The van der Waals surface area contributed by atoms with Gasteiger partial charge in [-0.3, -0.25) is 5.10 Å². The maximum atomic E-state index is 10.1. The summed E-state index contributed by atoms with van der Waals surface area (Å²) >= 11 is 0. The number of aryl methyl sites for hydroxylation is 1. The number of aliphatic carboxylic acids is 1. The predicted molar refractivity (Wildman–Crippen MR) is 40.0 cm³/mol. The van der Waals surface area contributed by atoms with Crippen LogP contribution < -0.4 is 0 Å². The van der Waals surface area contributed by atoms with Gasteiger partial charge in [0, 0.05) is 6.08 Å². The summed E-state index contributed by atoms with van der Waals surface area (Å²) in [6.45, 7) is 1.85.